The molecular formula is C12H16O3. The van der Waals surface area contributed by atoms with Crippen molar-refractivity contribution in [2.45, 2.75) is 20.2 Å². The van der Waals surface area contributed by atoms with E-state index in [9.17, 15) is 4.79 Å². The number of hydrogen-bond acceptors (Lipinski definition) is 3. The molecule has 0 radical (unpaired) electrons. The summed E-state index contributed by atoms with van der Waals surface area (Å²) in [5.41, 5.74) is -0.504. The van der Waals surface area contributed by atoms with Gasteiger partial charge >= 0.3 is 0 Å². The normalized spacial score (nSPS) is 21.3. The molecule has 1 aromatic rings. The Hall–Kier alpha value is -1.51. The Balaban J connectivity index is 3.55. The average Bonchev–Trinajstić information content (AvgIpc) is 2.26. The minimum absolute atomic E-state index is 0.0193. The molecule has 3 heteroatoms. The van der Waals surface area contributed by atoms with Gasteiger partial charge in [0.25, 0.3) is 0 Å². The lowest BCUT2D eigenvalue weighted by atomic mass is 10.1. The van der Waals surface area contributed by atoms with Crippen molar-refractivity contribution in [3.8, 4) is 11.5 Å². The zero-order valence-electron chi connectivity index (χ0n) is 17.1. The van der Waals surface area contributed by atoms with Gasteiger partial charge < -0.3 is 9.47 Å². The molecule has 0 amide bonds. The van der Waals surface area contributed by atoms with Gasteiger partial charge in [-0.2, -0.15) is 0 Å². The first kappa shape index (κ1) is 4.16. The third-order valence-electron chi connectivity index (χ3n) is 1.82. The molecule has 0 saturated heterocycles. The molecular weight excluding hydrogens is 192 g/mol. The zero-order chi connectivity index (χ0) is 18.9. The Bertz CT molecular complexity index is 614. The van der Waals surface area contributed by atoms with E-state index >= 15 is 0 Å². The number of methoxy groups -OCH3 is 2. The molecule has 1 aromatic carbocycles. The summed E-state index contributed by atoms with van der Waals surface area (Å²) in [5.74, 6) is -1.18. The molecule has 0 atom stereocenters. The molecule has 1 rings (SSSR count). The predicted molar refractivity (Wildman–Crippen MR) is 58.7 cm³/mol. The summed E-state index contributed by atoms with van der Waals surface area (Å²) in [6.45, 7) is -1.54. The van der Waals surface area contributed by atoms with Crippen molar-refractivity contribution in [1.82, 2.24) is 0 Å². The third-order valence-corrected chi connectivity index (χ3v) is 1.82. The summed E-state index contributed by atoms with van der Waals surface area (Å²) in [6.07, 6.45) is -0.274. The number of carbonyl (C=O) groups excluding carboxylic acids is 1. The monoisotopic (exact) mass is 217 g/mol. The standard InChI is InChI=1S/C12H16O3/c1-8-5-12(15-4)10(6-9(2)13)7-11(8)14-3/h5,7H,6H2,1-4H3/i1D3,3D3,4D3. The van der Waals surface area contributed by atoms with E-state index in [1.807, 2.05) is 0 Å². The number of hydrogen-bond donors (Lipinski definition) is 0. The fraction of sp³-hybridized carbons (Fsp3) is 0.417. The molecule has 0 fully saturated rings. The van der Waals surface area contributed by atoms with Gasteiger partial charge in [0.2, 0.25) is 0 Å². The van der Waals surface area contributed by atoms with Crippen LogP contribution in [0.25, 0.3) is 0 Å². The van der Waals surface area contributed by atoms with Gasteiger partial charge in [0.15, 0.2) is 0 Å². The molecule has 0 aliphatic heterocycles. The number of Topliss-reactive ketones (excluding diaryl/α,β-unsaturated/α-hetero) is 1. The highest BCUT2D eigenvalue weighted by Gasteiger charge is 2.09. The van der Waals surface area contributed by atoms with E-state index in [0.717, 1.165) is 12.1 Å². The van der Waals surface area contributed by atoms with Crippen molar-refractivity contribution in [3.05, 3.63) is 23.3 Å². The number of ketones is 1. The van der Waals surface area contributed by atoms with E-state index in [1.54, 1.807) is 0 Å². The molecule has 0 aliphatic carbocycles. The van der Waals surface area contributed by atoms with Crippen LogP contribution in [0.3, 0.4) is 0 Å². The Morgan fingerprint density at radius 1 is 1.33 bits per heavy atom. The minimum atomic E-state index is -2.92. The summed E-state index contributed by atoms with van der Waals surface area (Å²) < 4.78 is 74.6. The summed E-state index contributed by atoms with van der Waals surface area (Å²) >= 11 is 0. The first-order valence-corrected chi connectivity index (χ1v) is 4.13. The Labute approximate surface area is 103 Å². The maximum absolute atomic E-state index is 11.4. The second-order valence-corrected chi connectivity index (χ2v) is 3.04. The fourth-order valence-electron chi connectivity index (χ4n) is 1.19. The van der Waals surface area contributed by atoms with Crippen LogP contribution in [-0.2, 0) is 11.2 Å². The predicted octanol–water partition coefficient (Wildman–Crippen LogP) is 2.14. The molecule has 0 bridgehead atoms. The number of carbonyl (C=O) groups is 1. The first-order valence-electron chi connectivity index (χ1n) is 8.63. The van der Waals surface area contributed by atoms with Crippen LogP contribution < -0.4 is 9.47 Å². The van der Waals surface area contributed by atoms with E-state index < -0.39 is 32.2 Å². The van der Waals surface area contributed by atoms with Crippen molar-refractivity contribution in [2.24, 2.45) is 0 Å². The van der Waals surface area contributed by atoms with Crippen molar-refractivity contribution in [3.63, 3.8) is 0 Å². The molecule has 82 valence electrons. The molecule has 0 aromatic heterocycles. The summed E-state index contributed by atoms with van der Waals surface area (Å²) in [7, 11) is -5.79. The molecule has 0 heterocycles. The highest BCUT2D eigenvalue weighted by Crippen LogP contribution is 2.28. The van der Waals surface area contributed by atoms with E-state index in [4.69, 9.17) is 21.8 Å². The molecule has 0 saturated carbocycles. The third kappa shape index (κ3) is 2.72. The number of aryl methyl sites for hydroxylation is 1. The summed E-state index contributed by atoms with van der Waals surface area (Å²) in [5, 5.41) is 0. The van der Waals surface area contributed by atoms with Crippen LogP contribution in [0.15, 0.2) is 12.1 Å². The second-order valence-electron chi connectivity index (χ2n) is 3.04. The van der Waals surface area contributed by atoms with E-state index in [0.29, 0.717) is 0 Å². The van der Waals surface area contributed by atoms with E-state index in [1.165, 1.54) is 6.92 Å². The highest BCUT2D eigenvalue weighted by molar-refractivity contribution is 5.79. The molecule has 15 heavy (non-hydrogen) atoms. The summed E-state index contributed by atoms with van der Waals surface area (Å²) in [4.78, 5) is 11.4. The van der Waals surface area contributed by atoms with Gasteiger partial charge in [0.1, 0.15) is 17.3 Å². The van der Waals surface area contributed by atoms with Crippen LogP contribution in [0.4, 0.5) is 0 Å². The largest absolute Gasteiger partial charge is 0.496 e. The smallest absolute Gasteiger partial charge is 0.134 e. The van der Waals surface area contributed by atoms with Crippen molar-refractivity contribution < 1.29 is 26.6 Å². The first-order chi connectivity index (χ1) is 10.6. The Morgan fingerprint density at radius 2 is 2.07 bits per heavy atom. The number of rotatable bonds is 4. The van der Waals surface area contributed by atoms with E-state index in [-0.39, 0.29) is 23.5 Å². The lowest BCUT2D eigenvalue weighted by Crippen LogP contribution is -2.01. The van der Waals surface area contributed by atoms with Gasteiger partial charge in [-0.05, 0) is 31.5 Å². The topological polar surface area (TPSA) is 35.5 Å². The second kappa shape index (κ2) is 4.82. The minimum Gasteiger partial charge on any atom is -0.496 e. The Kier molecular flexibility index (Phi) is 1.34. The zero-order valence-corrected chi connectivity index (χ0v) is 8.09. The molecule has 0 aliphatic rings. The van der Waals surface area contributed by atoms with Crippen LogP contribution in [0.1, 0.15) is 30.4 Å². The number of ether oxygens (including phenoxy) is 2. The fourth-order valence-corrected chi connectivity index (χ4v) is 1.19. The highest BCUT2D eigenvalue weighted by atomic mass is 16.5. The summed E-state index contributed by atoms with van der Waals surface area (Å²) in [6, 6.07) is 1.88. The van der Waals surface area contributed by atoms with Crippen molar-refractivity contribution in [1.29, 1.82) is 0 Å². The van der Waals surface area contributed by atoms with Crippen LogP contribution >= 0.6 is 0 Å². The van der Waals surface area contributed by atoms with Crippen molar-refractivity contribution >= 4 is 5.78 Å². The lowest BCUT2D eigenvalue weighted by molar-refractivity contribution is -0.116. The van der Waals surface area contributed by atoms with Gasteiger partial charge in [0, 0.05) is 16.1 Å². The lowest BCUT2D eigenvalue weighted by Gasteiger charge is -2.11. The quantitative estimate of drug-likeness (QED) is 0.775. The average molecular weight is 217 g/mol. The van der Waals surface area contributed by atoms with Crippen LogP contribution in [0.2, 0.25) is 0 Å². The molecule has 0 unspecified atom stereocenters. The van der Waals surface area contributed by atoms with Crippen LogP contribution in [0.5, 0.6) is 11.5 Å². The van der Waals surface area contributed by atoms with Crippen LogP contribution in [-0.4, -0.2) is 19.9 Å². The maximum atomic E-state index is 11.4. The van der Waals surface area contributed by atoms with Gasteiger partial charge in [-0.3, -0.25) is 4.79 Å². The molecule has 0 spiro atoms. The molecule has 0 N–H and O–H groups in total. The Morgan fingerprint density at radius 3 is 2.67 bits per heavy atom. The van der Waals surface area contributed by atoms with Gasteiger partial charge in [0.05, 0.1) is 22.3 Å². The maximum Gasteiger partial charge on any atom is 0.134 e. The molecule has 3 nitrogen and oxygen atoms in total. The SMILES string of the molecule is [2H]C([2H])([2H])Oc1cc(C([2H])([2H])[2H])c(OC([2H])([2H])[2H])cc1CC(C)=O. The van der Waals surface area contributed by atoms with Gasteiger partial charge in [-0.25, -0.2) is 0 Å². The van der Waals surface area contributed by atoms with Gasteiger partial charge in [-0.15, -0.1) is 0 Å². The number of benzene rings is 1. The van der Waals surface area contributed by atoms with Gasteiger partial charge in [-0.1, -0.05) is 0 Å². The van der Waals surface area contributed by atoms with E-state index in [2.05, 4.69) is 0 Å². The van der Waals surface area contributed by atoms with Crippen LogP contribution in [0, 0.1) is 6.85 Å². The van der Waals surface area contributed by atoms with Crippen molar-refractivity contribution in [2.75, 3.05) is 14.1 Å².